The molecule has 2 aliphatic rings. The summed E-state index contributed by atoms with van der Waals surface area (Å²) in [5, 5.41) is 26.2. The molecular formula is C11H15NO6S. The molecule has 106 valence electrons. The highest BCUT2D eigenvalue weighted by molar-refractivity contribution is 8.02. The molecule has 0 aromatic carbocycles. The number of β-lactam (4-membered cyclic amide) rings is 1. The monoisotopic (exact) mass is 289 g/mol. The van der Waals surface area contributed by atoms with Gasteiger partial charge in [0.15, 0.2) is 0 Å². The van der Waals surface area contributed by atoms with Crippen LogP contribution in [0.4, 0.5) is 0 Å². The molecule has 2 atom stereocenters. The van der Waals surface area contributed by atoms with Crippen LogP contribution in [0.3, 0.4) is 0 Å². The first-order valence-electron chi connectivity index (χ1n) is 5.32. The molecule has 0 bridgehead atoms. The highest BCUT2D eigenvalue weighted by Gasteiger charge is 2.70. The van der Waals surface area contributed by atoms with Crippen LogP contribution in [0.15, 0.2) is 12.2 Å². The van der Waals surface area contributed by atoms with Gasteiger partial charge >= 0.3 is 5.97 Å². The summed E-state index contributed by atoms with van der Waals surface area (Å²) in [7, 11) is 0. The maximum absolute atomic E-state index is 11.4. The van der Waals surface area contributed by atoms with Crippen molar-refractivity contribution in [3.8, 4) is 0 Å². The Morgan fingerprint density at radius 3 is 2.16 bits per heavy atom. The summed E-state index contributed by atoms with van der Waals surface area (Å²) < 4.78 is -0.946. The van der Waals surface area contributed by atoms with Gasteiger partial charge in [0, 0.05) is 12.5 Å². The molecule has 1 amide bonds. The minimum absolute atomic E-state index is 0.352. The van der Waals surface area contributed by atoms with Gasteiger partial charge in [0.1, 0.15) is 5.37 Å². The SMILES string of the molecule is C=C1C(=O)N2[C@@H]1SC(C)(C)[C@@]2(O)C(=O)O.CC(=O)O. The Balaban J connectivity index is 0.000000399. The number of carboxylic acids is 2. The molecule has 0 aliphatic carbocycles. The van der Waals surface area contributed by atoms with Gasteiger partial charge in [-0.15, -0.1) is 11.8 Å². The predicted octanol–water partition coefficient (Wildman–Crippen LogP) is 0.100. The summed E-state index contributed by atoms with van der Waals surface area (Å²) in [6, 6.07) is 0. The van der Waals surface area contributed by atoms with E-state index in [9.17, 15) is 14.7 Å². The molecule has 2 saturated heterocycles. The Labute approximate surface area is 113 Å². The Morgan fingerprint density at radius 2 is 1.79 bits per heavy atom. The topological polar surface area (TPSA) is 115 Å². The summed E-state index contributed by atoms with van der Waals surface area (Å²) in [4.78, 5) is 32.5. The molecule has 0 radical (unpaired) electrons. The second-order valence-electron chi connectivity index (χ2n) is 4.68. The van der Waals surface area contributed by atoms with Gasteiger partial charge in [0.25, 0.3) is 17.6 Å². The lowest BCUT2D eigenvalue weighted by Gasteiger charge is -2.43. The number of nitrogens with zero attached hydrogens (tertiary/aromatic N) is 1. The van der Waals surface area contributed by atoms with Crippen molar-refractivity contribution in [2.45, 2.75) is 36.6 Å². The van der Waals surface area contributed by atoms with Crippen molar-refractivity contribution >= 4 is 29.6 Å². The number of rotatable bonds is 1. The van der Waals surface area contributed by atoms with Crippen LogP contribution < -0.4 is 0 Å². The van der Waals surface area contributed by atoms with Crippen LogP contribution in [0.1, 0.15) is 20.8 Å². The van der Waals surface area contributed by atoms with Crippen molar-refractivity contribution in [2.75, 3.05) is 0 Å². The number of aliphatic hydroxyl groups is 1. The maximum atomic E-state index is 11.4. The third-order valence-corrected chi connectivity index (χ3v) is 4.51. The van der Waals surface area contributed by atoms with Crippen molar-refractivity contribution in [3.63, 3.8) is 0 Å². The third-order valence-electron chi connectivity index (χ3n) is 2.92. The van der Waals surface area contributed by atoms with Crippen molar-refractivity contribution in [3.05, 3.63) is 12.2 Å². The first-order valence-corrected chi connectivity index (χ1v) is 6.20. The van der Waals surface area contributed by atoms with E-state index in [1.54, 1.807) is 13.8 Å². The number of fused-ring (bicyclic) bond motifs is 1. The molecule has 2 fully saturated rings. The molecule has 2 heterocycles. The Bertz CT molecular complexity index is 470. The first-order chi connectivity index (χ1) is 8.46. The van der Waals surface area contributed by atoms with Crippen molar-refractivity contribution in [1.29, 1.82) is 0 Å². The van der Waals surface area contributed by atoms with Gasteiger partial charge in [-0.3, -0.25) is 14.5 Å². The van der Waals surface area contributed by atoms with Gasteiger partial charge in [-0.05, 0) is 13.8 Å². The molecule has 8 heteroatoms. The fourth-order valence-electron chi connectivity index (χ4n) is 1.91. The molecule has 0 saturated carbocycles. The summed E-state index contributed by atoms with van der Waals surface area (Å²) in [5.74, 6) is -2.72. The molecular weight excluding hydrogens is 274 g/mol. The number of hydrogen-bond acceptors (Lipinski definition) is 5. The average Bonchev–Trinajstić information content (AvgIpc) is 2.44. The number of aliphatic carboxylic acids is 2. The van der Waals surface area contributed by atoms with Gasteiger partial charge in [-0.1, -0.05) is 6.58 Å². The zero-order chi connectivity index (χ0) is 15.2. The van der Waals surface area contributed by atoms with Crippen LogP contribution in [0, 0.1) is 0 Å². The van der Waals surface area contributed by atoms with Crippen LogP contribution >= 0.6 is 11.8 Å². The summed E-state index contributed by atoms with van der Waals surface area (Å²) in [6.07, 6.45) is 0. The highest BCUT2D eigenvalue weighted by Crippen LogP contribution is 2.56. The van der Waals surface area contributed by atoms with Crippen LogP contribution in [-0.2, 0) is 14.4 Å². The number of carbonyl (C=O) groups is 3. The van der Waals surface area contributed by atoms with Gasteiger partial charge in [-0.25, -0.2) is 4.79 Å². The van der Waals surface area contributed by atoms with Crippen LogP contribution in [0.5, 0.6) is 0 Å². The van der Waals surface area contributed by atoms with Gasteiger partial charge in [-0.2, -0.15) is 0 Å². The van der Waals surface area contributed by atoms with Gasteiger partial charge in [0.05, 0.1) is 4.75 Å². The third kappa shape index (κ3) is 2.10. The van der Waals surface area contributed by atoms with Gasteiger partial charge in [0.2, 0.25) is 0 Å². The standard InChI is InChI=1S/C9H11NO4S.C2H4O2/c1-4-5(11)10-6(4)15-8(2,3)9(10,14)7(12)13;1-2(3)4/h6,14H,1H2,2-3H3,(H,12,13);1H3,(H,3,4)/t6-,9+;/m1./s1. The molecule has 19 heavy (non-hydrogen) atoms. The smallest absolute Gasteiger partial charge is 0.359 e. The van der Waals surface area contributed by atoms with E-state index >= 15 is 0 Å². The van der Waals surface area contributed by atoms with Crippen molar-refractivity contribution in [2.24, 2.45) is 0 Å². The second-order valence-corrected chi connectivity index (χ2v) is 6.38. The van der Waals surface area contributed by atoms with E-state index in [2.05, 4.69) is 6.58 Å². The summed E-state index contributed by atoms with van der Waals surface area (Å²) >= 11 is 1.24. The largest absolute Gasteiger partial charge is 0.481 e. The summed E-state index contributed by atoms with van der Waals surface area (Å²) in [6.45, 7) is 7.85. The van der Waals surface area contributed by atoms with E-state index in [1.165, 1.54) is 11.8 Å². The number of carboxylic acid groups (broad SMARTS) is 2. The van der Waals surface area contributed by atoms with Crippen molar-refractivity contribution < 1.29 is 29.7 Å². The number of amides is 1. The molecule has 2 rings (SSSR count). The fourth-order valence-corrected chi connectivity index (χ4v) is 3.41. The van der Waals surface area contributed by atoms with Crippen LogP contribution in [-0.4, -0.2) is 53.9 Å². The fraction of sp³-hybridized carbons (Fsp3) is 0.545. The normalized spacial score (nSPS) is 30.9. The maximum Gasteiger partial charge on any atom is 0.359 e. The lowest BCUT2D eigenvalue weighted by molar-refractivity contribution is -0.195. The lowest BCUT2D eigenvalue weighted by Crippen LogP contribution is -2.67. The summed E-state index contributed by atoms with van der Waals surface area (Å²) in [5.41, 5.74) is -1.79. The molecule has 2 aliphatic heterocycles. The quantitative estimate of drug-likeness (QED) is 0.463. The van der Waals surface area contributed by atoms with E-state index in [4.69, 9.17) is 15.0 Å². The average molecular weight is 289 g/mol. The van der Waals surface area contributed by atoms with E-state index in [-0.39, 0.29) is 0 Å². The zero-order valence-corrected chi connectivity index (χ0v) is 11.5. The molecule has 0 aromatic rings. The van der Waals surface area contributed by atoms with E-state index in [0.717, 1.165) is 11.8 Å². The minimum Gasteiger partial charge on any atom is -0.481 e. The van der Waals surface area contributed by atoms with Crippen LogP contribution in [0.2, 0.25) is 0 Å². The van der Waals surface area contributed by atoms with Crippen LogP contribution in [0.25, 0.3) is 0 Å². The Morgan fingerprint density at radius 1 is 1.37 bits per heavy atom. The number of carbonyl (C=O) groups excluding carboxylic acids is 1. The van der Waals surface area contributed by atoms with E-state index < -0.39 is 33.7 Å². The Hall–Kier alpha value is -1.54. The lowest BCUT2D eigenvalue weighted by atomic mass is 9.92. The predicted molar refractivity (Wildman–Crippen MR) is 67.3 cm³/mol. The van der Waals surface area contributed by atoms with E-state index in [0.29, 0.717) is 5.57 Å². The molecule has 7 nitrogen and oxygen atoms in total. The number of hydrogen-bond donors (Lipinski definition) is 3. The Kier molecular flexibility index (Phi) is 3.70. The molecule has 0 spiro atoms. The van der Waals surface area contributed by atoms with Crippen molar-refractivity contribution in [1.82, 2.24) is 4.90 Å². The second kappa shape index (κ2) is 4.53. The minimum atomic E-state index is -2.14. The number of thioether (sulfide) groups is 1. The van der Waals surface area contributed by atoms with E-state index in [1.807, 2.05) is 0 Å². The highest BCUT2D eigenvalue weighted by atomic mass is 32.2. The zero-order valence-electron chi connectivity index (χ0n) is 10.7. The van der Waals surface area contributed by atoms with Gasteiger partial charge < -0.3 is 15.3 Å². The first kappa shape index (κ1) is 15.5. The molecule has 0 aromatic heterocycles. The molecule has 0 unspecified atom stereocenters. The molecule has 3 N–H and O–H groups in total.